The highest BCUT2D eigenvalue weighted by atomic mass is 32.2. The average Bonchev–Trinajstić information content (AvgIpc) is 2.12. The van der Waals surface area contributed by atoms with Gasteiger partial charge in [-0.2, -0.15) is 0 Å². The van der Waals surface area contributed by atoms with Crippen molar-refractivity contribution < 1.29 is 22.8 Å². The first-order chi connectivity index (χ1) is 8.33. The van der Waals surface area contributed by atoms with Crippen molar-refractivity contribution in [2.75, 3.05) is 39.5 Å². The Hall–Kier alpha value is -0.590. The van der Waals surface area contributed by atoms with Gasteiger partial charge in [0.2, 0.25) is 0 Å². The molecule has 5 nitrogen and oxygen atoms in total. The van der Waals surface area contributed by atoms with Gasteiger partial charge in [0.05, 0.1) is 35.9 Å². The Kier molecular flexibility index (Phi) is 6.51. The normalized spacial score (nSPS) is 15.9. The molecule has 19 heavy (non-hydrogen) atoms. The van der Waals surface area contributed by atoms with Gasteiger partial charge in [0.1, 0.15) is 13.2 Å². The van der Waals surface area contributed by atoms with Crippen LogP contribution >= 0.6 is 0 Å². The average molecular weight is 294 g/mol. The molecule has 0 radical (unpaired) electrons. The largest absolute Gasteiger partial charge is 0.459 e. The summed E-state index contributed by atoms with van der Waals surface area (Å²) in [5, 5.41) is 0. The zero-order chi connectivity index (χ0) is 15.3. The van der Waals surface area contributed by atoms with Gasteiger partial charge in [-0.05, 0) is 26.6 Å². The molecule has 6 heteroatoms. The van der Waals surface area contributed by atoms with Gasteiger partial charge in [-0.25, -0.2) is 4.21 Å². The van der Waals surface area contributed by atoms with E-state index >= 15 is 0 Å². The van der Waals surface area contributed by atoms with Crippen molar-refractivity contribution in [3.8, 4) is 0 Å². The lowest BCUT2D eigenvalue weighted by atomic mass is 9.97. The quantitative estimate of drug-likeness (QED) is 0.436. The van der Waals surface area contributed by atoms with E-state index in [1.165, 1.54) is 0 Å². The van der Waals surface area contributed by atoms with Gasteiger partial charge >= 0.3 is 5.97 Å². The fraction of sp³-hybridized carbons (Fsp3) is 0.846. The first kappa shape index (κ1) is 18.4. The Balaban J connectivity index is 4.01. The fourth-order valence-electron chi connectivity index (χ4n) is 1.43. The van der Waals surface area contributed by atoms with Crippen LogP contribution in [0.25, 0.3) is 0 Å². The molecule has 0 aromatic rings. The van der Waals surface area contributed by atoms with Crippen LogP contribution in [-0.4, -0.2) is 64.6 Å². The summed E-state index contributed by atoms with van der Waals surface area (Å²) in [6, 6.07) is 0. The minimum atomic E-state index is -2.90. The predicted molar refractivity (Wildman–Crippen MR) is 79.6 cm³/mol. The topological polar surface area (TPSA) is 63.6 Å². The molecule has 1 atom stereocenters. The highest BCUT2D eigenvalue weighted by Gasteiger charge is 2.24. The maximum absolute atomic E-state index is 11.6. The molecule has 0 aliphatic carbocycles. The van der Waals surface area contributed by atoms with Gasteiger partial charge in [0, 0.05) is 12.2 Å². The summed E-state index contributed by atoms with van der Waals surface area (Å²) < 4.78 is 26.0. The summed E-state index contributed by atoms with van der Waals surface area (Å²) in [6.07, 6.45) is 0.624. The highest BCUT2D eigenvalue weighted by molar-refractivity contribution is 7.95. The first-order valence-corrected chi connectivity index (χ1v) is 8.25. The molecule has 0 fully saturated rings. The van der Waals surface area contributed by atoms with Crippen molar-refractivity contribution in [2.45, 2.75) is 27.2 Å². The smallest absolute Gasteiger partial charge is 0.311 e. The molecule has 0 amide bonds. The predicted octanol–water partition coefficient (Wildman–Crippen LogP) is 1.23. The van der Waals surface area contributed by atoms with E-state index in [0.717, 1.165) is 6.54 Å². The number of hydrogen-bond acceptors (Lipinski definition) is 3. The number of rotatable bonds is 7. The molecule has 114 valence electrons. The van der Waals surface area contributed by atoms with Crippen molar-refractivity contribution >= 4 is 21.6 Å². The molecule has 1 N–H and O–H groups in total. The van der Waals surface area contributed by atoms with Gasteiger partial charge in [-0.3, -0.25) is 4.79 Å². The molecule has 0 aromatic heterocycles. The van der Waals surface area contributed by atoms with Gasteiger partial charge in [-0.1, -0.05) is 0 Å². The summed E-state index contributed by atoms with van der Waals surface area (Å²) >= 11 is 0. The lowest BCUT2D eigenvalue weighted by Crippen LogP contribution is -2.44. The van der Waals surface area contributed by atoms with Crippen molar-refractivity contribution in [1.82, 2.24) is 0 Å². The van der Waals surface area contributed by atoms with Crippen molar-refractivity contribution in [3.63, 3.8) is 0 Å². The third kappa shape index (κ3) is 9.92. The molecule has 0 heterocycles. The molecule has 0 aromatic carbocycles. The first-order valence-electron chi connectivity index (χ1n) is 6.40. The Labute approximate surface area is 117 Å². The van der Waals surface area contributed by atoms with Crippen molar-refractivity contribution in [1.29, 1.82) is 0 Å². The minimum Gasteiger partial charge on any atom is -0.459 e. The minimum absolute atomic E-state index is 0.205. The van der Waals surface area contributed by atoms with E-state index in [9.17, 15) is 9.00 Å². The van der Waals surface area contributed by atoms with Crippen LogP contribution in [0.5, 0.6) is 0 Å². The number of hydrogen-bond donors (Lipinski definition) is 1. The number of ether oxygens (including phenoxy) is 1. The maximum atomic E-state index is 11.6. The number of likely N-dealkylation sites (N-methyl/N-ethyl adjacent to an activating group) is 1. The number of nitrogens with zero attached hydrogens (tertiary/aromatic N) is 1. The molecular formula is C13H28NO4S+. The summed E-state index contributed by atoms with van der Waals surface area (Å²) in [5.74, 6) is 3.21. The molecule has 0 bridgehead atoms. The molecule has 0 saturated heterocycles. The molecule has 0 aliphatic heterocycles. The Morgan fingerprint density at radius 1 is 1.32 bits per heavy atom. The van der Waals surface area contributed by atoms with Crippen LogP contribution in [0.4, 0.5) is 0 Å². The van der Waals surface area contributed by atoms with E-state index in [0.29, 0.717) is 24.1 Å². The number of carbonyl (C=O) groups excluding carboxylic acids is 1. The number of carbonyl (C=O) groups is 1. The van der Waals surface area contributed by atoms with Crippen molar-refractivity contribution in [2.24, 2.45) is 5.41 Å². The van der Waals surface area contributed by atoms with E-state index in [-0.39, 0.29) is 11.7 Å². The van der Waals surface area contributed by atoms with E-state index in [4.69, 9.17) is 9.29 Å². The lowest BCUT2D eigenvalue weighted by molar-refractivity contribution is -0.890. The zero-order valence-electron chi connectivity index (χ0n) is 12.8. The molecule has 0 saturated carbocycles. The Bertz CT molecular complexity index is 393. The SMILES string of the molecule is C=S(=O)(O)CCC[N+](C)(C)CCOC(=O)C(C)(C)C. The van der Waals surface area contributed by atoms with Crippen LogP contribution in [-0.2, 0) is 19.3 Å². The lowest BCUT2D eigenvalue weighted by Gasteiger charge is -2.30. The molecule has 0 aliphatic rings. The Morgan fingerprint density at radius 2 is 1.84 bits per heavy atom. The number of esters is 1. The van der Waals surface area contributed by atoms with E-state index in [1.807, 2.05) is 34.9 Å². The summed E-state index contributed by atoms with van der Waals surface area (Å²) in [6.45, 7) is 7.26. The fourth-order valence-corrected chi connectivity index (χ4v) is 2.01. The Morgan fingerprint density at radius 3 is 2.26 bits per heavy atom. The summed E-state index contributed by atoms with van der Waals surface area (Å²) in [5.41, 5.74) is -0.479. The molecular weight excluding hydrogens is 266 g/mol. The van der Waals surface area contributed by atoms with Crippen LogP contribution in [0.1, 0.15) is 27.2 Å². The molecule has 0 rings (SSSR count). The van der Waals surface area contributed by atoms with Gasteiger partial charge in [0.25, 0.3) is 0 Å². The molecule has 0 spiro atoms. The van der Waals surface area contributed by atoms with Gasteiger partial charge in [-0.15, -0.1) is 0 Å². The van der Waals surface area contributed by atoms with Crippen LogP contribution in [0, 0.1) is 5.41 Å². The third-order valence-corrected chi connectivity index (χ3v) is 3.70. The standard InChI is InChI=1S/C13H27NO4S/c1-13(2,3)12(15)18-10-9-14(4,5)8-7-11-19(6,16)17/h6-11H2,1-5H3/p+1. The monoisotopic (exact) mass is 294 g/mol. The van der Waals surface area contributed by atoms with E-state index in [1.54, 1.807) is 0 Å². The maximum Gasteiger partial charge on any atom is 0.311 e. The van der Waals surface area contributed by atoms with Crippen LogP contribution < -0.4 is 0 Å². The summed E-state index contributed by atoms with van der Waals surface area (Å²) in [7, 11) is 1.12. The second-order valence-electron chi connectivity index (χ2n) is 6.60. The second kappa shape index (κ2) is 6.72. The summed E-state index contributed by atoms with van der Waals surface area (Å²) in [4.78, 5) is 11.6. The van der Waals surface area contributed by atoms with E-state index < -0.39 is 15.2 Å². The van der Waals surface area contributed by atoms with Gasteiger partial charge in [0.15, 0.2) is 0 Å². The third-order valence-electron chi connectivity index (χ3n) is 2.77. The molecule has 1 unspecified atom stereocenters. The highest BCUT2D eigenvalue weighted by Crippen LogP contribution is 2.15. The van der Waals surface area contributed by atoms with Crippen LogP contribution in [0.15, 0.2) is 0 Å². The van der Waals surface area contributed by atoms with E-state index in [2.05, 4.69) is 5.87 Å². The zero-order valence-corrected chi connectivity index (χ0v) is 13.6. The van der Waals surface area contributed by atoms with Gasteiger partial charge < -0.3 is 13.8 Å². The van der Waals surface area contributed by atoms with Crippen LogP contribution in [0.2, 0.25) is 0 Å². The number of quaternary nitrogens is 1. The van der Waals surface area contributed by atoms with Crippen molar-refractivity contribution in [3.05, 3.63) is 0 Å². The second-order valence-corrected chi connectivity index (χ2v) is 8.55. The van der Waals surface area contributed by atoms with Crippen LogP contribution in [0.3, 0.4) is 0 Å².